The molecule has 0 aliphatic rings. The fraction of sp³-hybridized carbons (Fsp3) is 0. The molecule has 34 heavy (non-hydrogen) atoms. The maximum absolute atomic E-state index is 10.4. The fourth-order valence-corrected chi connectivity index (χ4v) is 4.29. The Kier molecular flexibility index (Phi) is 15.2. The number of rotatable bonds is 3. The summed E-state index contributed by atoms with van der Waals surface area (Å²) in [6, 6.07) is 17.2. The third-order valence-corrected chi connectivity index (χ3v) is 8.01. The van der Waals surface area contributed by atoms with E-state index in [0.29, 0.717) is 0 Å². The second kappa shape index (κ2) is 15.0. The van der Waals surface area contributed by atoms with Gasteiger partial charge in [0, 0.05) is 10.7 Å². The minimum Gasteiger partial charge on any atom is -0.744 e. The molecule has 0 heterocycles. The van der Waals surface area contributed by atoms with Gasteiger partial charge in [0.1, 0.15) is 30.4 Å². The Labute approximate surface area is 257 Å². The van der Waals surface area contributed by atoms with Crippen LogP contribution in [0.15, 0.2) is 87.5 Å². The molecule has 3 aromatic carbocycles. The van der Waals surface area contributed by atoms with Crippen molar-refractivity contribution in [2.75, 3.05) is 0 Å². The van der Waals surface area contributed by atoms with E-state index in [4.69, 9.17) is 0 Å². The first kappa shape index (κ1) is 34.5. The largest absolute Gasteiger partial charge is 3.00 e. The van der Waals surface area contributed by atoms with E-state index in [0.717, 1.165) is 10.7 Å². The third-order valence-electron chi connectivity index (χ3n) is 3.31. The second-order valence-electron chi connectivity index (χ2n) is 5.72. The molecular formula is C18H12I3InO9S3. The molecule has 0 N–H and O–H groups in total. The van der Waals surface area contributed by atoms with E-state index in [1.165, 1.54) is 36.4 Å². The molecule has 0 unspecified atom stereocenters. The molecule has 0 fully saturated rings. The first-order valence-corrected chi connectivity index (χ1v) is 15.6. The van der Waals surface area contributed by atoms with Gasteiger partial charge in [-0.1, -0.05) is 0 Å². The maximum Gasteiger partial charge on any atom is 3.00 e. The Morgan fingerprint density at radius 2 is 0.559 bits per heavy atom. The van der Waals surface area contributed by atoms with Crippen LogP contribution in [0.1, 0.15) is 0 Å². The van der Waals surface area contributed by atoms with Crippen molar-refractivity contribution in [2.24, 2.45) is 0 Å². The average molecular weight is 964 g/mol. The van der Waals surface area contributed by atoms with Crippen LogP contribution in [0.5, 0.6) is 0 Å². The molecule has 180 valence electrons. The zero-order valence-electron chi connectivity index (χ0n) is 16.5. The van der Waals surface area contributed by atoms with Crippen LogP contribution < -0.4 is 0 Å². The predicted octanol–water partition coefficient (Wildman–Crippen LogP) is 3.21. The molecule has 3 rings (SSSR count). The molecule has 0 atom stereocenters. The monoisotopic (exact) mass is 964 g/mol. The first-order chi connectivity index (χ1) is 15.0. The van der Waals surface area contributed by atoms with Crippen molar-refractivity contribution in [2.45, 2.75) is 14.7 Å². The summed E-state index contributed by atoms with van der Waals surface area (Å²) in [5, 5.41) is 0. The molecule has 0 radical (unpaired) electrons. The van der Waals surface area contributed by atoms with Gasteiger partial charge in [-0.3, -0.25) is 0 Å². The van der Waals surface area contributed by atoms with E-state index in [1.807, 2.05) is 67.8 Å². The van der Waals surface area contributed by atoms with Crippen LogP contribution in [0.3, 0.4) is 0 Å². The molecule has 0 bridgehead atoms. The van der Waals surface area contributed by atoms with E-state index in [1.54, 1.807) is 36.4 Å². The Morgan fingerprint density at radius 1 is 0.412 bits per heavy atom. The van der Waals surface area contributed by atoms with Gasteiger partial charge in [0.05, 0.1) is 14.7 Å². The summed E-state index contributed by atoms with van der Waals surface area (Å²) in [5.74, 6) is 0. The van der Waals surface area contributed by atoms with E-state index in [-0.39, 0.29) is 40.5 Å². The Balaban J connectivity index is 0.000000473. The van der Waals surface area contributed by atoms with Gasteiger partial charge in [-0.15, -0.1) is 0 Å². The zero-order valence-corrected chi connectivity index (χ0v) is 28.8. The summed E-state index contributed by atoms with van der Waals surface area (Å²) in [6.07, 6.45) is 0. The molecule has 0 aliphatic heterocycles. The van der Waals surface area contributed by atoms with E-state index in [2.05, 4.69) is 0 Å². The maximum atomic E-state index is 10.4. The van der Waals surface area contributed by atoms with Crippen molar-refractivity contribution in [3.05, 3.63) is 83.5 Å². The molecule has 0 spiro atoms. The minimum atomic E-state index is -4.27. The van der Waals surface area contributed by atoms with E-state index in [9.17, 15) is 38.9 Å². The van der Waals surface area contributed by atoms with Gasteiger partial charge >= 0.3 is 25.8 Å². The summed E-state index contributed by atoms with van der Waals surface area (Å²) < 4.78 is 96.2. The van der Waals surface area contributed by atoms with Crippen LogP contribution in [-0.4, -0.2) is 64.8 Å². The van der Waals surface area contributed by atoms with Crippen LogP contribution in [0.2, 0.25) is 0 Å². The van der Waals surface area contributed by atoms with Crippen molar-refractivity contribution in [3.8, 4) is 0 Å². The van der Waals surface area contributed by atoms with E-state index < -0.39 is 30.4 Å². The summed E-state index contributed by atoms with van der Waals surface area (Å²) in [6.45, 7) is 0. The molecule has 0 amide bonds. The van der Waals surface area contributed by atoms with Crippen molar-refractivity contribution >= 4 is 124 Å². The third kappa shape index (κ3) is 13.7. The summed E-state index contributed by atoms with van der Waals surface area (Å²) in [4.78, 5) is -0.547. The number of halogens is 3. The number of hydrogen-bond acceptors (Lipinski definition) is 9. The van der Waals surface area contributed by atoms with Crippen molar-refractivity contribution < 1.29 is 38.9 Å². The van der Waals surface area contributed by atoms with Gasteiger partial charge in [0.2, 0.25) is 0 Å². The first-order valence-electron chi connectivity index (χ1n) is 8.14. The normalized spacial score (nSPS) is 11.1. The van der Waals surface area contributed by atoms with Crippen LogP contribution in [0.25, 0.3) is 0 Å². The van der Waals surface area contributed by atoms with Gasteiger partial charge in [0.15, 0.2) is 0 Å². The fourth-order valence-electron chi connectivity index (χ4n) is 1.80. The standard InChI is InChI=1S/3C6H5IO3S.In/c3*7-5-1-3-6(4-2-5)11(8,9)10;/h3*1-4H,(H,8,9,10);/q;;;+3/p-3. The van der Waals surface area contributed by atoms with Gasteiger partial charge < -0.3 is 13.7 Å². The minimum absolute atomic E-state index is 0. The SMILES string of the molecule is O=S(=O)([O-])c1ccc(I)cc1.O=S(=O)([O-])c1ccc(I)cc1.O=S(=O)([O-])c1ccc(I)cc1.[In+3]. The second-order valence-corrected chi connectivity index (χ2v) is 13.6. The van der Waals surface area contributed by atoms with Gasteiger partial charge in [0.25, 0.3) is 0 Å². The molecular weight excluding hydrogens is 952 g/mol. The average Bonchev–Trinajstić information content (AvgIpc) is 2.68. The van der Waals surface area contributed by atoms with Crippen molar-refractivity contribution in [1.29, 1.82) is 0 Å². The summed E-state index contributed by atoms with van der Waals surface area (Å²) >= 11 is 6.08. The Hall–Kier alpha value is 0.450. The molecule has 0 saturated carbocycles. The predicted molar refractivity (Wildman–Crippen MR) is 147 cm³/mol. The smallest absolute Gasteiger partial charge is 0.744 e. The molecule has 0 aromatic heterocycles. The van der Waals surface area contributed by atoms with Gasteiger partial charge in [-0.2, -0.15) is 0 Å². The van der Waals surface area contributed by atoms with Crippen molar-refractivity contribution in [1.82, 2.24) is 0 Å². The topological polar surface area (TPSA) is 172 Å². The van der Waals surface area contributed by atoms with Crippen molar-refractivity contribution in [3.63, 3.8) is 0 Å². The Bertz CT molecular complexity index is 1200. The molecule has 0 aliphatic carbocycles. The molecule has 16 heteroatoms. The molecule has 9 nitrogen and oxygen atoms in total. The van der Waals surface area contributed by atoms with E-state index >= 15 is 0 Å². The quantitative estimate of drug-likeness (QED) is 0.283. The zero-order chi connectivity index (χ0) is 25.4. The Morgan fingerprint density at radius 3 is 0.676 bits per heavy atom. The molecule has 3 aromatic rings. The molecule has 0 saturated heterocycles. The van der Waals surface area contributed by atoms with Gasteiger partial charge in [-0.25, -0.2) is 25.3 Å². The van der Waals surface area contributed by atoms with Gasteiger partial charge in [-0.05, 0) is 141 Å². The van der Waals surface area contributed by atoms with Crippen LogP contribution in [0, 0.1) is 10.7 Å². The van der Waals surface area contributed by atoms with Crippen LogP contribution in [0.4, 0.5) is 0 Å². The number of hydrogen-bond donors (Lipinski definition) is 0. The van der Waals surface area contributed by atoms with Crippen LogP contribution in [-0.2, 0) is 30.4 Å². The summed E-state index contributed by atoms with van der Waals surface area (Å²) in [7, 11) is -12.8. The number of benzene rings is 3. The summed E-state index contributed by atoms with van der Waals surface area (Å²) in [5.41, 5.74) is 0. The van der Waals surface area contributed by atoms with Crippen LogP contribution >= 0.6 is 67.8 Å².